The SMILES string of the molecule is C=C=Cc1ccccc1C(=C)C=N. The zero-order valence-corrected chi connectivity index (χ0v) is 7.38. The quantitative estimate of drug-likeness (QED) is 0.531. The Bertz CT molecular complexity index is 382. The van der Waals surface area contributed by atoms with Crippen LogP contribution in [0.15, 0.2) is 43.2 Å². The molecule has 0 spiro atoms. The Morgan fingerprint density at radius 3 is 2.69 bits per heavy atom. The first-order chi connectivity index (χ1) is 6.29. The van der Waals surface area contributed by atoms with E-state index in [9.17, 15) is 0 Å². The van der Waals surface area contributed by atoms with Gasteiger partial charge in [0.25, 0.3) is 0 Å². The van der Waals surface area contributed by atoms with E-state index < -0.39 is 0 Å². The first-order valence-corrected chi connectivity index (χ1v) is 3.94. The molecule has 0 radical (unpaired) electrons. The van der Waals surface area contributed by atoms with E-state index in [1.54, 1.807) is 6.08 Å². The van der Waals surface area contributed by atoms with Crippen molar-refractivity contribution in [2.45, 2.75) is 0 Å². The number of benzene rings is 1. The summed E-state index contributed by atoms with van der Waals surface area (Å²) in [6.45, 7) is 7.29. The molecule has 0 aromatic heterocycles. The third kappa shape index (κ3) is 2.05. The number of hydrogen-bond acceptors (Lipinski definition) is 1. The smallest absolute Gasteiger partial charge is 0.0250 e. The minimum atomic E-state index is 0.696. The maximum Gasteiger partial charge on any atom is 0.0250 e. The van der Waals surface area contributed by atoms with Gasteiger partial charge in [-0.05, 0) is 22.8 Å². The molecule has 1 rings (SSSR count). The molecule has 0 saturated heterocycles. The Morgan fingerprint density at radius 2 is 2.08 bits per heavy atom. The van der Waals surface area contributed by atoms with E-state index in [1.165, 1.54) is 6.21 Å². The van der Waals surface area contributed by atoms with E-state index in [0.29, 0.717) is 5.57 Å². The van der Waals surface area contributed by atoms with Crippen LogP contribution in [0.2, 0.25) is 0 Å². The monoisotopic (exact) mass is 169 g/mol. The van der Waals surface area contributed by atoms with Crippen LogP contribution in [-0.4, -0.2) is 6.21 Å². The van der Waals surface area contributed by atoms with Crippen LogP contribution in [0.4, 0.5) is 0 Å². The molecule has 0 fully saturated rings. The van der Waals surface area contributed by atoms with Crippen molar-refractivity contribution in [3.8, 4) is 0 Å². The second-order valence-electron chi connectivity index (χ2n) is 2.61. The summed E-state index contributed by atoms with van der Waals surface area (Å²) in [5.41, 5.74) is 5.35. The van der Waals surface area contributed by atoms with Crippen LogP contribution in [0, 0.1) is 5.41 Å². The van der Waals surface area contributed by atoms with Crippen LogP contribution in [-0.2, 0) is 0 Å². The molecule has 0 amide bonds. The lowest BCUT2D eigenvalue weighted by Crippen LogP contribution is -1.86. The normalized spacial score (nSPS) is 8.62. The zero-order chi connectivity index (χ0) is 9.68. The van der Waals surface area contributed by atoms with E-state index in [0.717, 1.165) is 11.1 Å². The highest BCUT2D eigenvalue weighted by Gasteiger charge is 1.99. The van der Waals surface area contributed by atoms with Gasteiger partial charge in [-0.15, -0.1) is 5.73 Å². The summed E-state index contributed by atoms with van der Waals surface area (Å²) >= 11 is 0. The second kappa shape index (κ2) is 4.24. The summed E-state index contributed by atoms with van der Waals surface area (Å²) in [6.07, 6.45) is 3.03. The Balaban J connectivity index is 3.26. The summed E-state index contributed by atoms with van der Waals surface area (Å²) in [4.78, 5) is 0. The van der Waals surface area contributed by atoms with Crippen molar-refractivity contribution in [3.05, 3.63) is 54.3 Å². The van der Waals surface area contributed by atoms with E-state index in [4.69, 9.17) is 5.41 Å². The van der Waals surface area contributed by atoms with Crippen LogP contribution in [0.25, 0.3) is 11.6 Å². The van der Waals surface area contributed by atoms with Crippen molar-refractivity contribution >= 4 is 17.9 Å². The average molecular weight is 169 g/mol. The lowest BCUT2D eigenvalue weighted by molar-refractivity contribution is 1.55. The van der Waals surface area contributed by atoms with Crippen molar-refractivity contribution in [2.75, 3.05) is 0 Å². The van der Waals surface area contributed by atoms with Gasteiger partial charge in [-0.1, -0.05) is 37.4 Å². The van der Waals surface area contributed by atoms with Gasteiger partial charge >= 0.3 is 0 Å². The molecule has 1 N–H and O–H groups in total. The minimum Gasteiger partial charge on any atom is -0.308 e. The van der Waals surface area contributed by atoms with Gasteiger partial charge in [0.2, 0.25) is 0 Å². The van der Waals surface area contributed by atoms with Crippen molar-refractivity contribution in [1.82, 2.24) is 0 Å². The summed E-state index contributed by atoms with van der Waals surface area (Å²) in [5, 5.41) is 7.10. The molecule has 0 unspecified atom stereocenters. The molecule has 64 valence electrons. The van der Waals surface area contributed by atoms with E-state index in [1.807, 2.05) is 24.3 Å². The van der Waals surface area contributed by atoms with Crippen LogP contribution < -0.4 is 0 Å². The highest BCUT2D eigenvalue weighted by molar-refractivity contribution is 6.08. The molecule has 0 aliphatic rings. The fourth-order valence-corrected chi connectivity index (χ4v) is 1.10. The van der Waals surface area contributed by atoms with Gasteiger partial charge in [-0.3, -0.25) is 0 Å². The number of hydrogen-bond donors (Lipinski definition) is 1. The summed E-state index contributed by atoms with van der Waals surface area (Å²) in [6, 6.07) is 7.73. The predicted octanol–water partition coefficient (Wildman–Crippen LogP) is 3.15. The minimum absolute atomic E-state index is 0.696. The first-order valence-electron chi connectivity index (χ1n) is 3.94. The lowest BCUT2D eigenvalue weighted by atomic mass is 10.0. The molecule has 0 saturated carbocycles. The maximum absolute atomic E-state index is 7.10. The zero-order valence-electron chi connectivity index (χ0n) is 7.38. The molecular formula is C12H11N. The molecule has 1 nitrogen and oxygen atoms in total. The number of rotatable bonds is 3. The lowest BCUT2D eigenvalue weighted by Gasteiger charge is -2.02. The topological polar surface area (TPSA) is 23.9 Å². The molecule has 1 aromatic carbocycles. The summed E-state index contributed by atoms with van der Waals surface area (Å²) in [5.74, 6) is 0. The van der Waals surface area contributed by atoms with Gasteiger partial charge in [0.1, 0.15) is 0 Å². The number of nitrogens with one attached hydrogen (secondary N) is 1. The summed E-state index contributed by atoms with van der Waals surface area (Å²) < 4.78 is 0. The van der Waals surface area contributed by atoms with Gasteiger partial charge < -0.3 is 5.41 Å². The molecule has 1 heteroatoms. The van der Waals surface area contributed by atoms with Gasteiger partial charge in [-0.2, -0.15) is 0 Å². The Hall–Kier alpha value is -1.85. The fraction of sp³-hybridized carbons (Fsp3) is 0. The molecule has 0 aliphatic heterocycles. The van der Waals surface area contributed by atoms with Crippen molar-refractivity contribution < 1.29 is 0 Å². The Labute approximate surface area is 78.2 Å². The molecule has 0 aliphatic carbocycles. The van der Waals surface area contributed by atoms with E-state index in [2.05, 4.69) is 18.9 Å². The van der Waals surface area contributed by atoms with Crippen LogP contribution in [0.5, 0.6) is 0 Å². The molecule has 13 heavy (non-hydrogen) atoms. The van der Waals surface area contributed by atoms with Gasteiger partial charge in [0.05, 0.1) is 0 Å². The third-order valence-electron chi connectivity index (χ3n) is 1.74. The first kappa shape index (κ1) is 9.24. The third-order valence-corrected chi connectivity index (χ3v) is 1.74. The van der Waals surface area contributed by atoms with E-state index >= 15 is 0 Å². The number of allylic oxidation sites excluding steroid dienone is 1. The Morgan fingerprint density at radius 1 is 1.38 bits per heavy atom. The molecule has 0 heterocycles. The Kier molecular flexibility index (Phi) is 3.02. The second-order valence-corrected chi connectivity index (χ2v) is 2.61. The van der Waals surface area contributed by atoms with Crippen LogP contribution >= 0.6 is 0 Å². The average Bonchev–Trinajstić information content (AvgIpc) is 2.18. The molecule has 0 bridgehead atoms. The fourth-order valence-electron chi connectivity index (χ4n) is 1.10. The van der Waals surface area contributed by atoms with Crippen molar-refractivity contribution in [3.63, 3.8) is 0 Å². The van der Waals surface area contributed by atoms with Gasteiger partial charge in [0, 0.05) is 6.21 Å². The highest BCUT2D eigenvalue weighted by atomic mass is 14.3. The largest absolute Gasteiger partial charge is 0.308 e. The summed E-state index contributed by atoms with van der Waals surface area (Å²) in [7, 11) is 0. The standard InChI is InChI=1S/C12H11N/c1-3-6-11-7-4-5-8-12(11)10(2)9-13/h4-9,13H,1-2H2. The van der Waals surface area contributed by atoms with Gasteiger partial charge in [0.15, 0.2) is 0 Å². The molecule has 1 aromatic rings. The highest BCUT2D eigenvalue weighted by Crippen LogP contribution is 2.16. The van der Waals surface area contributed by atoms with Crippen LogP contribution in [0.3, 0.4) is 0 Å². The van der Waals surface area contributed by atoms with Gasteiger partial charge in [-0.25, -0.2) is 0 Å². The van der Waals surface area contributed by atoms with E-state index in [-0.39, 0.29) is 0 Å². The molecule has 0 atom stereocenters. The van der Waals surface area contributed by atoms with Crippen LogP contribution in [0.1, 0.15) is 11.1 Å². The van der Waals surface area contributed by atoms with Crippen molar-refractivity contribution in [2.24, 2.45) is 0 Å². The molecular weight excluding hydrogens is 158 g/mol. The van der Waals surface area contributed by atoms with Crippen molar-refractivity contribution in [1.29, 1.82) is 5.41 Å². The maximum atomic E-state index is 7.10. The predicted molar refractivity (Wildman–Crippen MR) is 57.9 cm³/mol.